The Hall–Kier alpha value is -0.930. The van der Waals surface area contributed by atoms with Crippen LogP contribution in [0.2, 0.25) is 5.02 Å². The molecule has 3 N–H and O–H groups in total. The highest BCUT2D eigenvalue weighted by Crippen LogP contribution is 2.27. The Kier molecular flexibility index (Phi) is 4.04. The second kappa shape index (κ2) is 5.08. The van der Waals surface area contributed by atoms with Gasteiger partial charge >= 0.3 is 0 Å². The van der Waals surface area contributed by atoms with E-state index in [1.807, 2.05) is 25.1 Å². The van der Waals surface area contributed by atoms with Gasteiger partial charge in [0.05, 0.1) is 12.1 Å². The van der Waals surface area contributed by atoms with E-state index < -0.39 is 0 Å². The van der Waals surface area contributed by atoms with Gasteiger partial charge in [0.2, 0.25) is 0 Å². The van der Waals surface area contributed by atoms with Gasteiger partial charge in [0, 0.05) is 18.3 Å². The van der Waals surface area contributed by atoms with Crippen molar-refractivity contribution in [2.24, 2.45) is 5.73 Å². The summed E-state index contributed by atoms with van der Waals surface area (Å²) < 4.78 is 5.05. The number of rotatable bonds is 4. The Morgan fingerprint density at radius 2 is 2.29 bits per heavy atom. The molecule has 0 aliphatic rings. The molecule has 0 spiro atoms. The molecule has 14 heavy (non-hydrogen) atoms. The van der Waals surface area contributed by atoms with Crippen molar-refractivity contribution in [1.82, 2.24) is 0 Å². The maximum absolute atomic E-state index is 5.96. The summed E-state index contributed by atoms with van der Waals surface area (Å²) in [5.74, 6) is 0.678. The van der Waals surface area contributed by atoms with Crippen LogP contribution >= 0.6 is 11.6 Å². The van der Waals surface area contributed by atoms with Crippen LogP contribution in [0.4, 0.5) is 5.69 Å². The predicted molar refractivity (Wildman–Crippen MR) is 60.1 cm³/mol. The first-order valence-electron chi connectivity index (χ1n) is 4.47. The molecule has 0 saturated heterocycles. The quantitative estimate of drug-likeness (QED) is 0.807. The van der Waals surface area contributed by atoms with Crippen molar-refractivity contribution >= 4 is 17.3 Å². The van der Waals surface area contributed by atoms with Crippen molar-refractivity contribution in [3.05, 3.63) is 23.2 Å². The van der Waals surface area contributed by atoms with E-state index in [2.05, 4.69) is 5.32 Å². The van der Waals surface area contributed by atoms with E-state index in [1.165, 1.54) is 0 Å². The molecular weight excluding hydrogens is 200 g/mol. The third-order valence-corrected chi connectivity index (χ3v) is 2.21. The number of nitrogens with one attached hydrogen (secondary N) is 1. The summed E-state index contributed by atoms with van der Waals surface area (Å²) in [6.07, 6.45) is 0. The van der Waals surface area contributed by atoms with Crippen LogP contribution in [0.15, 0.2) is 18.2 Å². The zero-order chi connectivity index (χ0) is 10.6. The van der Waals surface area contributed by atoms with Gasteiger partial charge in [-0.3, -0.25) is 0 Å². The third kappa shape index (κ3) is 2.79. The average molecular weight is 215 g/mol. The number of anilines is 1. The molecule has 1 aromatic rings. The Morgan fingerprint density at radius 3 is 2.79 bits per heavy atom. The molecular formula is C10H15ClN2O. The maximum atomic E-state index is 5.96. The molecule has 0 radical (unpaired) electrons. The minimum Gasteiger partial charge on any atom is -0.495 e. The second-order valence-corrected chi connectivity index (χ2v) is 3.54. The molecule has 0 fully saturated rings. The smallest absolute Gasteiger partial charge is 0.137 e. The highest BCUT2D eigenvalue weighted by atomic mass is 35.5. The van der Waals surface area contributed by atoms with Crippen LogP contribution in [0.1, 0.15) is 6.92 Å². The van der Waals surface area contributed by atoms with E-state index in [9.17, 15) is 0 Å². The van der Waals surface area contributed by atoms with Crippen LogP contribution < -0.4 is 15.8 Å². The van der Waals surface area contributed by atoms with E-state index in [0.717, 1.165) is 5.69 Å². The van der Waals surface area contributed by atoms with Gasteiger partial charge < -0.3 is 15.8 Å². The summed E-state index contributed by atoms with van der Waals surface area (Å²) in [5, 5.41) is 3.82. The standard InChI is InChI=1S/C10H15ClN2O/c1-7(6-12)13-8-3-4-10(14-2)9(11)5-8/h3-5,7,13H,6,12H2,1-2H3. The minimum absolute atomic E-state index is 0.236. The molecule has 0 aromatic heterocycles. The summed E-state index contributed by atoms with van der Waals surface area (Å²) in [6.45, 7) is 2.60. The van der Waals surface area contributed by atoms with E-state index in [4.69, 9.17) is 22.1 Å². The summed E-state index contributed by atoms with van der Waals surface area (Å²) in [4.78, 5) is 0. The molecule has 1 atom stereocenters. The van der Waals surface area contributed by atoms with Gasteiger partial charge in [0.15, 0.2) is 0 Å². The first-order chi connectivity index (χ1) is 6.67. The fourth-order valence-corrected chi connectivity index (χ4v) is 1.36. The Morgan fingerprint density at radius 1 is 1.57 bits per heavy atom. The number of halogens is 1. The van der Waals surface area contributed by atoms with Gasteiger partial charge in [-0.2, -0.15) is 0 Å². The fourth-order valence-electron chi connectivity index (χ4n) is 1.10. The normalized spacial score (nSPS) is 12.3. The fraction of sp³-hybridized carbons (Fsp3) is 0.400. The molecule has 3 nitrogen and oxygen atoms in total. The predicted octanol–water partition coefficient (Wildman–Crippen LogP) is 2.11. The van der Waals surface area contributed by atoms with Gasteiger partial charge in [-0.15, -0.1) is 0 Å². The molecule has 0 heterocycles. The van der Waals surface area contributed by atoms with Crippen LogP contribution in [-0.4, -0.2) is 19.7 Å². The third-order valence-electron chi connectivity index (χ3n) is 1.92. The molecule has 1 rings (SSSR count). The lowest BCUT2D eigenvalue weighted by Gasteiger charge is -2.13. The molecule has 0 aliphatic carbocycles. The number of ether oxygens (including phenoxy) is 1. The average Bonchev–Trinajstić information content (AvgIpc) is 2.18. The van der Waals surface area contributed by atoms with Gasteiger partial charge in [0.25, 0.3) is 0 Å². The van der Waals surface area contributed by atoms with Crippen molar-refractivity contribution in [1.29, 1.82) is 0 Å². The molecule has 0 bridgehead atoms. The zero-order valence-corrected chi connectivity index (χ0v) is 9.14. The van der Waals surface area contributed by atoms with E-state index >= 15 is 0 Å². The van der Waals surface area contributed by atoms with Crippen molar-refractivity contribution < 1.29 is 4.74 Å². The molecule has 0 amide bonds. The van der Waals surface area contributed by atoms with Crippen LogP contribution in [0.3, 0.4) is 0 Å². The van der Waals surface area contributed by atoms with Crippen molar-refractivity contribution in [3.8, 4) is 5.75 Å². The van der Waals surface area contributed by atoms with Crippen LogP contribution in [0, 0.1) is 0 Å². The Labute approximate surface area is 89.2 Å². The second-order valence-electron chi connectivity index (χ2n) is 3.13. The Bertz CT molecular complexity index is 304. The first kappa shape index (κ1) is 11.1. The van der Waals surface area contributed by atoms with Gasteiger partial charge in [-0.05, 0) is 25.1 Å². The maximum Gasteiger partial charge on any atom is 0.137 e. The van der Waals surface area contributed by atoms with E-state index in [0.29, 0.717) is 17.3 Å². The van der Waals surface area contributed by atoms with E-state index in [1.54, 1.807) is 7.11 Å². The lowest BCUT2D eigenvalue weighted by atomic mass is 10.2. The number of methoxy groups -OCH3 is 1. The largest absolute Gasteiger partial charge is 0.495 e. The van der Waals surface area contributed by atoms with Crippen LogP contribution in [0.5, 0.6) is 5.75 Å². The monoisotopic (exact) mass is 214 g/mol. The SMILES string of the molecule is COc1ccc(NC(C)CN)cc1Cl. The highest BCUT2D eigenvalue weighted by Gasteiger charge is 2.03. The van der Waals surface area contributed by atoms with Crippen molar-refractivity contribution in [2.75, 3.05) is 19.0 Å². The van der Waals surface area contributed by atoms with E-state index in [-0.39, 0.29) is 6.04 Å². The van der Waals surface area contributed by atoms with Crippen molar-refractivity contribution in [3.63, 3.8) is 0 Å². The molecule has 0 aliphatic heterocycles. The molecule has 1 aromatic carbocycles. The highest BCUT2D eigenvalue weighted by molar-refractivity contribution is 6.32. The van der Waals surface area contributed by atoms with Gasteiger partial charge in [0.1, 0.15) is 5.75 Å². The number of benzene rings is 1. The molecule has 1 unspecified atom stereocenters. The lowest BCUT2D eigenvalue weighted by Crippen LogP contribution is -2.25. The number of hydrogen-bond donors (Lipinski definition) is 2. The summed E-state index contributed by atoms with van der Waals surface area (Å²) in [6, 6.07) is 5.80. The molecule has 0 saturated carbocycles. The first-order valence-corrected chi connectivity index (χ1v) is 4.85. The van der Waals surface area contributed by atoms with Crippen molar-refractivity contribution in [2.45, 2.75) is 13.0 Å². The number of nitrogens with two attached hydrogens (primary N) is 1. The van der Waals surface area contributed by atoms with Crippen LogP contribution in [0.25, 0.3) is 0 Å². The minimum atomic E-state index is 0.236. The molecule has 78 valence electrons. The summed E-state index contributed by atoms with van der Waals surface area (Å²) >= 11 is 5.96. The Balaban J connectivity index is 2.76. The van der Waals surface area contributed by atoms with Gasteiger partial charge in [-0.25, -0.2) is 0 Å². The zero-order valence-electron chi connectivity index (χ0n) is 8.38. The summed E-state index contributed by atoms with van der Waals surface area (Å²) in [5.41, 5.74) is 6.45. The van der Waals surface area contributed by atoms with Gasteiger partial charge in [-0.1, -0.05) is 11.6 Å². The lowest BCUT2D eigenvalue weighted by molar-refractivity contribution is 0.415. The molecule has 4 heteroatoms. The summed E-state index contributed by atoms with van der Waals surface area (Å²) in [7, 11) is 1.59. The number of hydrogen-bond acceptors (Lipinski definition) is 3. The topological polar surface area (TPSA) is 47.3 Å². The van der Waals surface area contributed by atoms with Crippen LogP contribution in [-0.2, 0) is 0 Å².